The number of rotatable bonds is 4. The van der Waals surface area contributed by atoms with E-state index in [1.165, 1.54) is 22.8 Å². The van der Waals surface area contributed by atoms with E-state index in [9.17, 15) is 9.59 Å². The lowest BCUT2D eigenvalue weighted by molar-refractivity contribution is -0.133. The summed E-state index contributed by atoms with van der Waals surface area (Å²) in [5.41, 5.74) is 6.86. The van der Waals surface area contributed by atoms with Crippen LogP contribution in [0, 0.1) is 6.92 Å². The third kappa shape index (κ3) is 2.99. The van der Waals surface area contributed by atoms with Crippen LogP contribution in [0.15, 0.2) is 49.1 Å². The van der Waals surface area contributed by atoms with Gasteiger partial charge in [-0.05, 0) is 41.8 Å². The molecule has 2 aliphatic rings. The van der Waals surface area contributed by atoms with E-state index in [0.717, 1.165) is 27.2 Å². The third-order valence-corrected chi connectivity index (χ3v) is 6.97. The molecule has 0 spiro atoms. The topological polar surface area (TPSA) is 54.3 Å². The van der Waals surface area contributed by atoms with Crippen LogP contribution in [-0.4, -0.2) is 40.4 Å². The van der Waals surface area contributed by atoms with Crippen molar-refractivity contribution in [2.24, 2.45) is 0 Å². The van der Waals surface area contributed by atoms with Crippen molar-refractivity contribution in [3.63, 3.8) is 0 Å². The summed E-state index contributed by atoms with van der Waals surface area (Å²) in [5.74, 6) is 0.0321. The Labute approximate surface area is 186 Å². The Morgan fingerprint density at radius 1 is 1.23 bits per heavy atom. The lowest BCUT2D eigenvalue weighted by atomic mass is 9.79. The van der Waals surface area contributed by atoms with E-state index in [1.54, 1.807) is 4.90 Å². The molecule has 1 aliphatic carbocycles. The second-order valence-corrected chi connectivity index (χ2v) is 8.83. The molecule has 1 N–H and O–H groups in total. The van der Waals surface area contributed by atoms with Crippen LogP contribution >= 0.6 is 11.6 Å². The minimum absolute atomic E-state index is 0.0144. The number of fused-ring (bicyclic) bond motifs is 2. The van der Waals surface area contributed by atoms with E-state index < -0.39 is 0 Å². The van der Waals surface area contributed by atoms with Gasteiger partial charge in [0.15, 0.2) is 0 Å². The molecule has 31 heavy (non-hydrogen) atoms. The summed E-state index contributed by atoms with van der Waals surface area (Å²) >= 11 is 6.66. The highest BCUT2D eigenvalue weighted by Crippen LogP contribution is 2.50. The summed E-state index contributed by atoms with van der Waals surface area (Å²) in [7, 11) is 0. The lowest BCUT2D eigenvalue weighted by Crippen LogP contribution is -2.61. The molecule has 1 saturated heterocycles. The fourth-order valence-electron chi connectivity index (χ4n) is 5.08. The number of aromatic nitrogens is 1. The molecule has 3 aromatic rings. The summed E-state index contributed by atoms with van der Waals surface area (Å²) in [6, 6.07) is 12.4. The maximum Gasteiger partial charge on any atom is 0.246 e. The third-order valence-electron chi connectivity index (χ3n) is 6.64. The molecule has 158 valence electrons. The van der Waals surface area contributed by atoms with Gasteiger partial charge in [0.1, 0.15) is 6.54 Å². The molecule has 6 heteroatoms. The maximum absolute atomic E-state index is 12.9. The molecule has 2 heterocycles. The fourth-order valence-corrected chi connectivity index (χ4v) is 5.40. The number of likely N-dealkylation sites (tertiary alicyclic amines) is 1. The number of nitrogens with one attached hydrogen (secondary N) is 1. The average molecular weight is 434 g/mol. The minimum Gasteiger partial charge on any atom is -0.348 e. The SMILES string of the molecule is C=CC(=O)N1CC(NC(=O)Cn2c(C)c3c4c(c(Cl)ccc42)C(C)c2ccccc2-3)C1. The van der Waals surface area contributed by atoms with E-state index in [0.29, 0.717) is 13.1 Å². The summed E-state index contributed by atoms with van der Waals surface area (Å²) in [6.45, 7) is 9.04. The number of carbonyl (C=O) groups is 2. The van der Waals surface area contributed by atoms with Gasteiger partial charge in [0, 0.05) is 46.2 Å². The van der Waals surface area contributed by atoms with Crippen LogP contribution in [0.25, 0.3) is 22.0 Å². The number of amides is 2. The van der Waals surface area contributed by atoms with Gasteiger partial charge in [-0.2, -0.15) is 0 Å². The van der Waals surface area contributed by atoms with E-state index in [1.807, 2.05) is 12.1 Å². The number of halogens is 1. The van der Waals surface area contributed by atoms with E-state index in [2.05, 4.69) is 54.6 Å². The predicted molar refractivity (Wildman–Crippen MR) is 123 cm³/mol. The Bertz CT molecular complexity index is 1250. The van der Waals surface area contributed by atoms with Gasteiger partial charge in [-0.3, -0.25) is 9.59 Å². The minimum atomic E-state index is -0.0991. The molecule has 2 amide bonds. The Kier molecular flexibility index (Phi) is 4.67. The molecular weight excluding hydrogens is 410 g/mol. The molecule has 1 atom stereocenters. The second-order valence-electron chi connectivity index (χ2n) is 8.42. The van der Waals surface area contributed by atoms with Crippen molar-refractivity contribution in [3.8, 4) is 11.1 Å². The molecule has 1 unspecified atom stereocenters. The molecular formula is C25H24ClN3O2. The van der Waals surface area contributed by atoms with Gasteiger partial charge in [0.2, 0.25) is 11.8 Å². The molecule has 2 aromatic carbocycles. The quantitative estimate of drug-likeness (QED) is 0.625. The van der Waals surface area contributed by atoms with Crippen LogP contribution in [0.4, 0.5) is 0 Å². The highest BCUT2D eigenvalue weighted by molar-refractivity contribution is 6.33. The Morgan fingerprint density at radius 3 is 2.71 bits per heavy atom. The first kappa shape index (κ1) is 19.9. The zero-order valence-corrected chi connectivity index (χ0v) is 18.4. The van der Waals surface area contributed by atoms with E-state index in [-0.39, 0.29) is 30.3 Å². The van der Waals surface area contributed by atoms with Crippen molar-refractivity contribution < 1.29 is 9.59 Å². The van der Waals surface area contributed by atoms with Gasteiger partial charge in [-0.15, -0.1) is 0 Å². The van der Waals surface area contributed by atoms with Gasteiger partial charge in [-0.1, -0.05) is 49.4 Å². The Hall–Kier alpha value is -3.05. The highest BCUT2D eigenvalue weighted by Gasteiger charge is 2.32. The van der Waals surface area contributed by atoms with Gasteiger partial charge >= 0.3 is 0 Å². The number of nitrogens with zero attached hydrogens (tertiary/aromatic N) is 2. The van der Waals surface area contributed by atoms with Crippen molar-refractivity contribution in [3.05, 3.63) is 70.9 Å². The highest BCUT2D eigenvalue weighted by atomic mass is 35.5. The van der Waals surface area contributed by atoms with Crippen molar-refractivity contribution in [2.75, 3.05) is 13.1 Å². The fraction of sp³-hybridized carbons (Fsp3) is 0.280. The van der Waals surface area contributed by atoms with Crippen LogP contribution in [0.3, 0.4) is 0 Å². The maximum atomic E-state index is 12.9. The first-order valence-corrected chi connectivity index (χ1v) is 10.9. The van der Waals surface area contributed by atoms with E-state index >= 15 is 0 Å². The normalized spacial score (nSPS) is 17.3. The molecule has 0 saturated carbocycles. The summed E-state index contributed by atoms with van der Waals surface area (Å²) in [5, 5.41) is 4.96. The summed E-state index contributed by atoms with van der Waals surface area (Å²) in [4.78, 5) is 26.1. The number of hydrogen-bond donors (Lipinski definition) is 1. The molecule has 5 rings (SSSR count). The zero-order valence-electron chi connectivity index (χ0n) is 17.6. The molecule has 1 aliphatic heterocycles. The predicted octanol–water partition coefficient (Wildman–Crippen LogP) is 4.25. The lowest BCUT2D eigenvalue weighted by Gasteiger charge is -2.38. The molecule has 5 nitrogen and oxygen atoms in total. The number of benzene rings is 2. The van der Waals surface area contributed by atoms with Crippen molar-refractivity contribution in [1.29, 1.82) is 0 Å². The van der Waals surface area contributed by atoms with Gasteiger partial charge in [0.25, 0.3) is 0 Å². The first-order chi connectivity index (χ1) is 14.9. The largest absolute Gasteiger partial charge is 0.348 e. The monoisotopic (exact) mass is 433 g/mol. The van der Waals surface area contributed by atoms with Crippen molar-refractivity contribution >= 4 is 34.3 Å². The summed E-state index contributed by atoms with van der Waals surface area (Å²) < 4.78 is 2.08. The van der Waals surface area contributed by atoms with Crippen LogP contribution in [0.5, 0.6) is 0 Å². The van der Waals surface area contributed by atoms with Crippen LogP contribution < -0.4 is 5.32 Å². The standard InChI is InChI=1S/C25H24ClN3O2/c1-4-22(31)28-11-16(12-28)27-21(30)13-29-15(3)24-18-8-6-5-7-17(18)14(2)23-19(26)9-10-20(29)25(23)24/h4-10,14,16H,1,11-13H2,2-3H3,(H,27,30). The second kappa shape index (κ2) is 7.27. The molecule has 1 aromatic heterocycles. The number of carbonyl (C=O) groups excluding carboxylic acids is 2. The van der Waals surface area contributed by atoms with Crippen molar-refractivity contribution in [1.82, 2.24) is 14.8 Å². The smallest absolute Gasteiger partial charge is 0.246 e. The van der Waals surface area contributed by atoms with Gasteiger partial charge in [0.05, 0.1) is 6.04 Å². The van der Waals surface area contributed by atoms with Crippen LogP contribution in [0.1, 0.15) is 29.7 Å². The van der Waals surface area contributed by atoms with Crippen LogP contribution in [-0.2, 0) is 16.1 Å². The average Bonchev–Trinajstić information content (AvgIpc) is 3.00. The summed E-state index contributed by atoms with van der Waals surface area (Å²) in [6.07, 6.45) is 1.30. The van der Waals surface area contributed by atoms with Crippen molar-refractivity contribution in [2.45, 2.75) is 32.4 Å². The van der Waals surface area contributed by atoms with Gasteiger partial charge in [-0.25, -0.2) is 0 Å². The molecule has 0 radical (unpaired) electrons. The number of hydrogen-bond acceptors (Lipinski definition) is 2. The molecule has 1 fully saturated rings. The van der Waals surface area contributed by atoms with Crippen LogP contribution in [0.2, 0.25) is 5.02 Å². The molecule has 0 bridgehead atoms. The first-order valence-electron chi connectivity index (χ1n) is 10.5. The Balaban J connectivity index is 1.50. The van der Waals surface area contributed by atoms with Gasteiger partial charge < -0.3 is 14.8 Å². The zero-order chi connectivity index (χ0) is 21.9. The van der Waals surface area contributed by atoms with E-state index in [4.69, 9.17) is 11.6 Å². The Morgan fingerprint density at radius 2 is 1.97 bits per heavy atom.